The van der Waals surface area contributed by atoms with Crippen molar-refractivity contribution in [1.29, 1.82) is 0 Å². The molecule has 0 spiro atoms. The van der Waals surface area contributed by atoms with Crippen LogP contribution in [0.15, 0.2) is 24.8 Å². The molecule has 0 saturated carbocycles. The van der Waals surface area contributed by atoms with Gasteiger partial charge in [-0.1, -0.05) is 6.42 Å². The van der Waals surface area contributed by atoms with Crippen LogP contribution in [0.2, 0.25) is 0 Å². The van der Waals surface area contributed by atoms with Gasteiger partial charge in [0.2, 0.25) is 0 Å². The molecule has 1 fully saturated rings. The van der Waals surface area contributed by atoms with Gasteiger partial charge in [0.25, 0.3) is 0 Å². The van der Waals surface area contributed by atoms with Crippen molar-refractivity contribution >= 4 is 22.3 Å². The summed E-state index contributed by atoms with van der Waals surface area (Å²) >= 11 is 1.63. The summed E-state index contributed by atoms with van der Waals surface area (Å²) in [6.07, 6.45) is 8.98. The number of aromatic nitrogens is 5. The number of thiazole rings is 1. The van der Waals surface area contributed by atoms with E-state index in [1.54, 1.807) is 17.7 Å². The molecule has 0 amide bonds. The second-order valence-electron chi connectivity index (χ2n) is 6.71. The fourth-order valence-electron chi connectivity index (χ4n) is 3.39. The molecule has 0 aromatic carbocycles. The molecule has 3 aromatic rings. The number of hydrogen-bond acceptors (Lipinski definition) is 7. The zero-order valence-electron chi connectivity index (χ0n) is 15.1. The van der Waals surface area contributed by atoms with Crippen molar-refractivity contribution in [3.8, 4) is 0 Å². The van der Waals surface area contributed by atoms with E-state index in [2.05, 4.69) is 32.1 Å². The van der Waals surface area contributed by atoms with Crippen LogP contribution in [0.5, 0.6) is 0 Å². The predicted molar refractivity (Wildman–Crippen MR) is 102 cm³/mol. The number of nitrogens with one attached hydrogen (secondary N) is 2. The molecule has 0 radical (unpaired) electrons. The molecule has 1 aliphatic heterocycles. The highest BCUT2D eigenvalue weighted by Gasteiger charge is 2.27. The van der Waals surface area contributed by atoms with E-state index in [0.717, 1.165) is 47.7 Å². The number of H-pyrrole nitrogens is 1. The number of piperidine rings is 1. The lowest BCUT2D eigenvalue weighted by molar-refractivity contribution is 0.132. The van der Waals surface area contributed by atoms with Gasteiger partial charge in [-0.25, -0.2) is 19.9 Å². The quantitative estimate of drug-likeness (QED) is 0.713. The number of anilines is 2. The van der Waals surface area contributed by atoms with Crippen LogP contribution in [0.4, 0.5) is 10.9 Å². The van der Waals surface area contributed by atoms with Gasteiger partial charge < -0.3 is 10.3 Å². The molecule has 2 N–H and O–H groups in total. The van der Waals surface area contributed by atoms with Crippen molar-refractivity contribution in [2.45, 2.75) is 45.7 Å². The first-order valence-corrected chi connectivity index (χ1v) is 9.75. The summed E-state index contributed by atoms with van der Waals surface area (Å²) in [4.78, 5) is 24.9. The van der Waals surface area contributed by atoms with Crippen molar-refractivity contribution < 1.29 is 0 Å². The third kappa shape index (κ3) is 3.91. The van der Waals surface area contributed by atoms with E-state index >= 15 is 0 Å². The third-order valence-corrected chi connectivity index (χ3v) is 5.40. The maximum Gasteiger partial charge on any atom is 0.188 e. The van der Waals surface area contributed by atoms with Gasteiger partial charge in [-0.2, -0.15) is 0 Å². The van der Waals surface area contributed by atoms with E-state index in [1.807, 2.05) is 25.4 Å². The normalized spacial score (nSPS) is 18.2. The summed E-state index contributed by atoms with van der Waals surface area (Å²) in [5.74, 6) is 1.70. The lowest BCUT2D eigenvalue weighted by Crippen LogP contribution is -2.34. The van der Waals surface area contributed by atoms with E-state index in [-0.39, 0.29) is 6.04 Å². The first kappa shape index (κ1) is 17.1. The second kappa shape index (κ2) is 7.51. The molecule has 0 aliphatic carbocycles. The van der Waals surface area contributed by atoms with Gasteiger partial charge in [0.15, 0.2) is 5.13 Å². The van der Waals surface area contributed by atoms with Crippen molar-refractivity contribution in [2.24, 2.45) is 0 Å². The first-order valence-electron chi connectivity index (χ1n) is 8.94. The number of likely N-dealkylation sites (tertiary alicyclic amines) is 1. The predicted octanol–water partition coefficient (Wildman–Crippen LogP) is 3.74. The Kier molecular flexibility index (Phi) is 4.94. The fourth-order valence-corrected chi connectivity index (χ4v) is 4.06. The Balaban J connectivity index is 1.58. The molecule has 1 atom stereocenters. The molecule has 3 aromatic heterocycles. The Labute approximate surface area is 156 Å². The third-order valence-electron chi connectivity index (χ3n) is 4.57. The lowest BCUT2D eigenvalue weighted by Gasteiger charge is -2.34. The van der Waals surface area contributed by atoms with Gasteiger partial charge in [-0.05, 0) is 33.2 Å². The van der Waals surface area contributed by atoms with Crippen LogP contribution in [-0.2, 0) is 6.54 Å². The SMILES string of the molecule is Cc1cc(Nc2ncc(C)s2)nc(C2CCCCN2Cc2cnc[nH]2)n1. The van der Waals surface area contributed by atoms with Gasteiger partial charge in [0.05, 0.1) is 12.4 Å². The number of nitrogens with zero attached hydrogens (tertiary/aromatic N) is 5. The average molecular weight is 369 g/mol. The smallest absolute Gasteiger partial charge is 0.188 e. The van der Waals surface area contributed by atoms with E-state index < -0.39 is 0 Å². The summed E-state index contributed by atoms with van der Waals surface area (Å²) in [6, 6.07) is 2.20. The summed E-state index contributed by atoms with van der Waals surface area (Å²) in [7, 11) is 0. The molecular weight excluding hydrogens is 346 g/mol. The number of aromatic amines is 1. The minimum atomic E-state index is 0.227. The summed E-state index contributed by atoms with van der Waals surface area (Å²) in [5.41, 5.74) is 2.10. The van der Waals surface area contributed by atoms with Crippen LogP contribution >= 0.6 is 11.3 Å². The van der Waals surface area contributed by atoms with Gasteiger partial charge in [0.1, 0.15) is 11.6 Å². The molecule has 1 unspecified atom stereocenters. The standard InChI is InChI=1S/C18H23N7S/c1-12-7-16(24-18-20-8-13(2)26-18)23-17(22-12)15-5-3-4-6-25(15)10-14-9-19-11-21-14/h7-9,11,15H,3-6,10H2,1-2H3,(H,19,21)(H,20,22,23,24). The first-order chi connectivity index (χ1) is 12.7. The maximum atomic E-state index is 4.82. The summed E-state index contributed by atoms with van der Waals surface area (Å²) in [6.45, 7) is 5.96. The Morgan fingerprint density at radius 3 is 2.96 bits per heavy atom. The van der Waals surface area contributed by atoms with Gasteiger partial charge in [-0.15, -0.1) is 11.3 Å². The molecule has 136 valence electrons. The van der Waals surface area contributed by atoms with E-state index in [4.69, 9.17) is 9.97 Å². The van der Waals surface area contributed by atoms with E-state index in [1.165, 1.54) is 17.7 Å². The summed E-state index contributed by atoms with van der Waals surface area (Å²) < 4.78 is 0. The molecule has 1 aliphatic rings. The largest absolute Gasteiger partial charge is 0.347 e. The number of hydrogen-bond donors (Lipinski definition) is 2. The van der Waals surface area contributed by atoms with Crippen LogP contribution < -0.4 is 5.32 Å². The number of aryl methyl sites for hydroxylation is 2. The average Bonchev–Trinajstić information content (AvgIpc) is 3.27. The van der Waals surface area contributed by atoms with Crippen molar-refractivity contribution in [2.75, 3.05) is 11.9 Å². The minimum absolute atomic E-state index is 0.227. The van der Waals surface area contributed by atoms with Crippen LogP contribution in [0.3, 0.4) is 0 Å². The molecule has 7 nitrogen and oxygen atoms in total. The molecule has 8 heteroatoms. The van der Waals surface area contributed by atoms with Crippen LogP contribution in [0.1, 0.15) is 47.4 Å². The molecule has 4 heterocycles. The molecule has 0 bridgehead atoms. The highest BCUT2D eigenvalue weighted by molar-refractivity contribution is 7.15. The maximum absolute atomic E-state index is 4.82. The van der Waals surface area contributed by atoms with Crippen LogP contribution in [0, 0.1) is 13.8 Å². The van der Waals surface area contributed by atoms with Crippen molar-refractivity contribution in [1.82, 2.24) is 29.8 Å². The van der Waals surface area contributed by atoms with Crippen LogP contribution in [0.25, 0.3) is 0 Å². The highest BCUT2D eigenvalue weighted by Crippen LogP contribution is 2.31. The Hall–Kier alpha value is -2.32. The van der Waals surface area contributed by atoms with Gasteiger partial charge >= 0.3 is 0 Å². The number of imidazole rings is 1. The van der Waals surface area contributed by atoms with Crippen LogP contribution in [-0.4, -0.2) is 36.4 Å². The fraction of sp³-hybridized carbons (Fsp3) is 0.444. The number of rotatable bonds is 5. The zero-order chi connectivity index (χ0) is 17.9. The topological polar surface area (TPSA) is 82.6 Å². The van der Waals surface area contributed by atoms with Gasteiger partial charge in [0, 0.05) is 41.3 Å². The summed E-state index contributed by atoms with van der Waals surface area (Å²) in [5, 5.41) is 4.19. The molecule has 1 saturated heterocycles. The Bertz CT molecular complexity index is 858. The van der Waals surface area contributed by atoms with E-state index in [9.17, 15) is 0 Å². The monoisotopic (exact) mass is 369 g/mol. The molecule has 26 heavy (non-hydrogen) atoms. The highest BCUT2D eigenvalue weighted by atomic mass is 32.1. The zero-order valence-corrected chi connectivity index (χ0v) is 15.9. The minimum Gasteiger partial charge on any atom is -0.347 e. The van der Waals surface area contributed by atoms with Crippen molar-refractivity contribution in [3.05, 3.63) is 46.9 Å². The van der Waals surface area contributed by atoms with E-state index in [0.29, 0.717) is 0 Å². The lowest BCUT2D eigenvalue weighted by atomic mass is 10.0. The van der Waals surface area contributed by atoms with Crippen molar-refractivity contribution in [3.63, 3.8) is 0 Å². The molecule has 4 rings (SSSR count). The molecular formula is C18H23N7S. The Morgan fingerprint density at radius 1 is 1.27 bits per heavy atom. The van der Waals surface area contributed by atoms with Gasteiger partial charge in [-0.3, -0.25) is 4.90 Å². The second-order valence-corrected chi connectivity index (χ2v) is 7.95. The Morgan fingerprint density at radius 2 is 2.19 bits per heavy atom.